The summed E-state index contributed by atoms with van der Waals surface area (Å²) in [6.45, 7) is 2.50. The standard InChI is InChI=1S/C19H22BrNO3/c1-2-3-12-24-19(23)13-17(14-8-10-15(20)11-9-14)21-16-6-4-5-7-18(16)22/h4-11,17,21-22H,2-3,12-13H2,1H3. The third-order valence-corrected chi connectivity index (χ3v) is 4.17. The van der Waals surface area contributed by atoms with Crippen molar-refractivity contribution in [2.24, 2.45) is 0 Å². The van der Waals surface area contributed by atoms with Crippen LogP contribution in [0.25, 0.3) is 0 Å². The van der Waals surface area contributed by atoms with Gasteiger partial charge in [0.2, 0.25) is 0 Å². The van der Waals surface area contributed by atoms with Gasteiger partial charge < -0.3 is 15.2 Å². The number of hydrogen-bond acceptors (Lipinski definition) is 4. The molecule has 0 bridgehead atoms. The van der Waals surface area contributed by atoms with Crippen LogP contribution in [0.4, 0.5) is 5.69 Å². The Hall–Kier alpha value is -2.01. The summed E-state index contributed by atoms with van der Waals surface area (Å²) in [5.74, 6) is -0.0988. The molecule has 0 saturated carbocycles. The van der Waals surface area contributed by atoms with E-state index in [0.717, 1.165) is 22.9 Å². The molecule has 2 N–H and O–H groups in total. The van der Waals surface area contributed by atoms with Gasteiger partial charge in [0.05, 0.1) is 24.8 Å². The first-order valence-corrected chi connectivity index (χ1v) is 8.85. The number of para-hydroxylation sites is 2. The second kappa shape index (κ2) is 9.33. The number of nitrogens with one attached hydrogen (secondary N) is 1. The Morgan fingerprint density at radius 1 is 1.21 bits per heavy atom. The Bertz CT molecular complexity index is 658. The molecule has 0 amide bonds. The van der Waals surface area contributed by atoms with E-state index in [0.29, 0.717) is 12.3 Å². The Morgan fingerprint density at radius 2 is 1.92 bits per heavy atom. The third-order valence-electron chi connectivity index (χ3n) is 3.64. The summed E-state index contributed by atoms with van der Waals surface area (Å²) in [6, 6.07) is 14.5. The van der Waals surface area contributed by atoms with Crippen LogP contribution in [-0.4, -0.2) is 17.7 Å². The smallest absolute Gasteiger partial charge is 0.308 e. The monoisotopic (exact) mass is 391 g/mol. The molecule has 0 aliphatic carbocycles. The Balaban J connectivity index is 2.13. The number of benzene rings is 2. The van der Waals surface area contributed by atoms with Gasteiger partial charge >= 0.3 is 5.97 Å². The molecular weight excluding hydrogens is 370 g/mol. The zero-order chi connectivity index (χ0) is 17.4. The highest BCUT2D eigenvalue weighted by molar-refractivity contribution is 9.10. The summed E-state index contributed by atoms with van der Waals surface area (Å²) >= 11 is 3.41. The summed E-state index contributed by atoms with van der Waals surface area (Å²) in [7, 11) is 0. The van der Waals surface area contributed by atoms with Crippen LogP contribution >= 0.6 is 15.9 Å². The highest BCUT2D eigenvalue weighted by atomic mass is 79.9. The lowest BCUT2D eigenvalue weighted by molar-refractivity contribution is -0.144. The number of hydrogen-bond donors (Lipinski definition) is 2. The van der Waals surface area contributed by atoms with Crippen LogP contribution in [0.1, 0.15) is 37.8 Å². The SMILES string of the molecule is CCCCOC(=O)CC(Nc1ccccc1O)c1ccc(Br)cc1. The highest BCUT2D eigenvalue weighted by Crippen LogP contribution is 2.29. The average Bonchev–Trinajstić information content (AvgIpc) is 2.57. The summed E-state index contributed by atoms with van der Waals surface area (Å²) in [5.41, 5.74) is 1.54. The lowest BCUT2D eigenvalue weighted by Gasteiger charge is -2.20. The minimum absolute atomic E-state index is 0.152. The third kappa shape index (κ3) is 5.57. The fourth-order valence-electron chi connectivity index (χ4n) is 2.29. The van der Waals surface area contributed by atoms with Gasteiger partial charge in [-0.2, -0.15) is 0 Å². The molecule has 5 heteroatoms. The van der Waals surface area contributed by atoms with E-state index >= 15 is 0 Å². The van der Waals surface area contributed by atoms with E-state index in [9.17, 15) is 9.90 Å². The second-order valence-corrected chi connectivity index (χ2v) is 6.46. The number of carbonyl (C=O) groups excluding carboxylic acids is 1. The number of ether oxygens (including phenoxy) is 1. The first-order valence-electron chi connectivity index (χ1n) is 8.05. The van der Waals surface area contributed by atoms with E-state index in [-0.39, 0.29) is 24.2 Å². The van der Waals surface area contributed by atoms with Gasteiger partial charge in [0.15, 0.2) is 0 Å². The molecule has 0 fully saturated rings. The molecule has 0 aromatic heterocycles. The second-order valence-electron chi connectivity index (χ2n) is 5.54. The Morgan fingerprint density at radius 3 is 2.58 bits per heavy atom. The predicted molar refractivity (Wildman–Crippen MR) is 99.1 cm³/mol. The van der Waals surface area contributed by atoms with E-state index in [1.807, 2.05) is 30.3 Å². The molecule has 2 aromatic rings. The van der Waals surface area contributed by atoms with Gasteiger partial charge in [-0.25, -0.2) is 0 Å². The predicted octanol–water partition coefficient (Wildman–Crippen LogP) is 5.04. The number of aromatic hydroxyl groups is 1. The van der Waals surface area contributed by atoms with Crippen molar-refractivity contribution in [2.75, 3.05) is 11.9 Å². The Labute approximate surface area is 151 Å². The summed E-state index contributed by atoms with van der Waals surface area (Å²) in [5, 5.41) is 13.2. The molecule has 2 rings (SSSR count). The van der Waals surface area contributed by atoms with Crippen molar-refractivity contribution in [1.29, 1.82) is 0 Å². The number of phenols is 1. The zero-order valence-corrected chi connectivity index (χ0v) is 15.3. The maximum absolute atomic E-state index is 12.1. The van der Waals surface area contributed by atoms with Crippen molar-refractivity contribution in [3.63, 3.8) is 0 Å². The van der Waals surface area contributed by atoms with Crippen LogP contribution in [0.5, 0.6) is 5.75 Å². The van der Waals surface area contributed by atoms with Gasteiger partial charge in [-0.3, -0.25) is 4.79 Å². The zero-order valence-electron chi connectivity index (χ0n) is 13.7. The fourth-order valence-corrected chi connectivity index (χ4v) is 2.55. The lowest BCUT2D eigenvalue weighted by Crippen LogP contribution is -2.17. The van der Waals surface area contributed by atoms with E-state index in [1.165, 1.54) is 0 Å². The van der Waals surface area contributed by atoms with Gasteiger partial charge in [0.1, 0.15) is 5.75 Å². The van der Waals surface area contributed by atoms with E-state index in [4.69, 9.17) is 4.74 Å². The van der Waals surface area contributed by atoms with Crippen molar-refractivity contribution < 1.29 is 14.6 Å². The number of carbonyl (C=O) groups is 1. The molecular formula is C19H22BrNO3. The fraction of sp³-hybridized carbons (Fsp3) is 0.316. The van der Waals surface area contributed by atoms with Gasteiger partial charge in [0.25, 0.3) is 0 Å². The summed E-state index contributed by atoms with van der Waals surface area (Å²) < 4.78 is 6.25. The quantitative estimate of drug-likeness (QED) is 0.375. The number of rotatable bonds is 8. The average molecular weight is 392 g/mol. The minimum atomic E-state index is -0.277. The largest absolute Gasteiger partial charge is 0.506 e. The van der Waals surface area contributed by atoms with Gasteiger partial charge in [-0.15, -0.1) is 0 Å². The van der Waals surface area contributed by atoms with Crippen LogP contribution < -0.4 is 5.32 Å². The van der Waals surface area contributed by atoms with Gasteiger partial charge in [0, 0.05) is 4.47 Å². The highest BCUT2D eigenvalue weighted by Gasteiger charge is 2.18. The van der Waals surface area contributed by atoms with Gasteiger partial charge in [-0.05, 0) is 36.2 Å². The molecule has 0 aliphatic heterocycles. The van der Waals surface area contributed by atoms with Crippen molar-refractivity contribution in [2.45, 2.75) is 32.2 Å². The van der Waals surface area contributed by atoms with Crippen molar-refractivity contribution in [3.05, 3.63) is 58.6 Å². The molecule has 1 atom stereocenters. The number of halogens is 1. The first-order chi connectivity index (χ1) is 11.6. The van der Waals surface area contributed by atoms with Crippen molar-refractivity contribution >= 4 is 27.6 Å². The first kappa shape index (κ1) is 18.3. The molecule has 128 valence electrons. The van der Waals surface area contributed by atoms with Crippen LogP contribution in [0.3, 0.4) is 0 Å². The van der Waals surface area contributed by atoms with Crippen LogP contribution in [0.2, 0.25) is 0 Å². The molecule has 2 aromatic carbocycles. The van der Waals surface area contributed by atoms with Crippen molar-refractivity contribution in [3.8, 4) is 5.75 Å². The topological polar surface area (TPSA) is 58.6 Å². The Kier molecular flexibility index (Phi) is 7.12. The van der Waals surface area contributed by atoms with Crippen LogP contribution in [0.15, 0.2) is 53.0 Å². The van der Waals surface area contributed by atoms with E-state index in [2.05, 4.69) is 28.2 Å². The molecule has 0 spiro atoms. The number of phenolic OH excluding ortho intramolecular Hbond substituents is 1. The van der Waals surface area contributed by atoms with Crippen molar-refractivity contribution in [1.82, 2.24) is 0 Å². The molecule has 0 radical (unpaired) electrons. The molecule has 1 unspecified atom stereocenters. The maximum Gasteiger partial charge on any atom is 0.308 e. The number of anilines is 1. The lowest BCUT2D eigenvalue weighted by atomic mass is 10.0. The maximum atomic E-state index is 12.1. The van der Waals surface area contributed by atoms with Crippen LogP contribution in [0, 0.1) is 0 Å². The van der Waals surface area contributed by atoms with E-state index < -0.39 is 0 Å². The molecule has 0 heterocycles. The summed E-state index contributed by atoms with van der Waals surface area (Å²) in [4.78, 5) is 12.1. The molecule has 0 aliphatic rings. The van der Waals surface area contributed by atoms with Gasteiger partial charge in [-0.1, -0.05) is 53.5 Å². The van der Waals surface area contributed by atoms with E-state index in [1.54, 1.807) is 18.2 Å². The number of esters is 1. The number of unbranched alkanes of at least 4 members (excludes halogenated alkanes) is 1. The molecule has 24 heavy (non-hydrogen) atoms. The minimum Gasteiger partial charge on any atom is -0.506 e. The van der Waals surface area contributed by atoms with Crippen LogP contribution in [-0.2, 0) is 9.53 Å². The summed E-state index contributed by atoms with van der Waals surface area (Å²) in [6.07, 6.45) is 2.04. The molecule has 4 nitrogen and oxygen atoms in total. The normalized spacial score (nSPS) is 11.8. The molecule has 0 saturated heterocycles.